The second-order valence-corrected chi connectivity index (χ2v) is 8.49. The van der Waals surface area contributed by atoms with Crippen molar-refractivity contribution in [1.29, 1.82) is 0 Å². The first-order valence-electron chi connectivity index (χ1n) is 8.18. The van der Waals surface area contributed by atoms with Gasteiger partial charge < -0.3 is 0 Å². The van der Waals surface area contributed by atoms with Gasteiger partial charge in [-0.05, 0) is 35.4 Å². The number of hydrogen-bond donors (Lipinski definition) is 0. The van der Waals surface area contributed by atoms with Gasteiger partial charge in [-0.1, -0.05) is 35.9 Å². The number of nitrogens with zero attached hydrogens (tertiary/aromatic N) is 3. The van der Waals surface area contributed by atoms with Gasteiger partial charge in [-0.25, -0.2) is 18.4 Å². The lowest BCUT2D eigenvalue weighted by Crippen LogP contribution is -2.36. The van der Waals surface area contributed by atoms with E-state index in [4.69, 9.17) is 11.6 Å². The van der Waals surface area contributed by atoms with Crippen molar-refractivity contribution in [2.75, 3.05) is 6.54 Å². The van der Waals surface area contributed by atoms with Gasteiger partial charge in [0.15, 0.2) is 0 Å². The normalized spacial score (nSPS) is 14.8. The molecule has 4 rings (SSSR count). The fourth-order valence-electron chi connectivity index (χ4n) is 3.08. The third-order valence-corrected chi connectivity index (χ3v) is 6.57. The molecule has 0 bridgehead atoms. The Balaban J connectivity index is 1.61. The lowest BCUT2D eigenvalue weighted by atomic mass is 10.1. The Morgan fingerprint density at radius 3 is 2.62 bits per heavy atom. The molecule has 2 heterocycles. The number of halogens is 1. The van der Waals surface area contributed by atoms with E-state index in [2.05, 4.69) is 9.97 Å². The summed E-state index contributed by atoms with van der Waals surface area (Å²) >= 11 is 6.03. The van der Waals surface area contributed by atoms with Crippen LogP contribution in [0.2, 0.25) is 5.02 Å². The molecule has 1 aliphatic rings. The van der Waals surface area contributed by atoms with Gasteiger partial charge in [-0.15, -0.1) is 0 Å². The molecule has 3 aromatic rings. The summed E-state index contributed by atoms with van der Waals surface area (Å²) in [6.45, 7) is 0.719. The molecular weight excluding hydrogens is 370 g/mol. The van der Waals surface area contributed by atoms with Crippen LogP contribution in [0.3, 0.4) is 0 Å². The second-order valence-electron chi connectivity index (χ2n) is 6.12. The highest BCUT2D eigenvalue weighted by Gasteiger charge is 2.28. The summed E-state index contributed by atoms with van der Waals surface area (Å²) < 4.78 is 27.4. The smallest absolute Gasteiger partial charge is 0.243 e. The van der Waals surface area contributed by atoms with Crippen molar-refractivity contribution in [3.63, 3.8) is 0 Å². The minimum Gasteiger partial charge on any atom is -0.244 e. The number of rotatable bonds is 3. The van der Waals surface area contributed by atoms with E-state index in [9.17, 15) is 8.42 Å². The maximum Gasteiger partial charge on any atom is 0.243 e. The van der Waals surface area contributed by atoms with E-state index in [-0.39, 0.29) is 4.90 Å². The van der Waals surface area contributed by atoms with Gasteiger partial charge in [0.1, 0.15) is 6.33 Å². The van der Waals surface area contributed by atoms with Gasteiger partial charge in [0.2, 0.25) is 10.0 Å². The molecule has 2 aromatic carbocycles. The minimum absolute atomic E-state index is 0.281. The first kappa shape index (κ1) is 17.1. The molecule has 0 N–H and O–H groups in total. The van der Waals surface area contributed by atoms with Crippen LogP contribution in [-0.2, 0) is 23.0 Å². The summed E-state index contributed by atoms with van der Waals surface area (Å²) in [5.41, 5.74) is 3.65. The third kappa shape index (κ3) is 3.23. The van der Waals surface area contributed by atoms with E-state index in [1.54, 1.807) is 30.5 Å². The molecule has 0 saturated carbocycles. The average molecular weight is 386 g/mol. The Morgan fingerprint density at radius 2 is 1.85 bits per heavy atom. The molecule has 132 valence electrons. The summed E-state index contributed by atoms with van der Waals surface area (Å²) in [7, 11) is -3.56. The Hall–Kier alpha value is -2.28. The Bertz CT molecular complexity index is 1050. The van der Waals surface area contributed by atoms with Gasteiger partial charge in [0.25, 0.3) is 0 Å². The zero-order valence-corrected chi connectivity index (χ0v) is 15.4. The molecule has 1 aromatic heterocycles. The highest BCUT2D eigenvalue weighted by atomic mass is 35.5. The number of sulfonamides is 1. The van der Waals surface area contributed by atoms with Gasteiger partial charge in [-0.3, -0.25) is 0 Å². The molecule has 26 heavy (non-hydrogen) atoms. The van der Waals surface area contributed by atoms with Crippen LogP contribution in [0.15, 0.2) is 66.0 Å². The van der Waals surface area contributed by atoms with Crippen LogP contribution < -0.4 is 0 Å². The average Bonchev–Trinajstić information content (AvgIpc) is 2.67. The molecule has 1 aliphatic heterocycles. The van der Waals surface area contributed by atoms with E-state index in [0.717, 1.165) is 22.4 Å². The van der Waals surface area contributed by atoms with Crippen LogP contribution >= 0.6 is 11.6 Å². The van der Waals surface area contributed by atoms with Crippen molar-refractivity contribution in [3.8, 4) is 11.1 Å². The zero-order valence-electron chi connectivity index (χ0n) is 13.8. The lowest BCUT2D eigenvalue weighted by molar-refractivity contribution is 0.387. The van der Waals surface area contributed by atoms with Crippen LogP contribution in [0.1, 0.15) is 11.3 Å². The Morgan fingerprint density at radius 1 is 1.04 bits per heavy atom. The predicted octanol–water partition coefficient (Wildman–Crippen LogP) is 3.54. The van der Waals surface area contributed by atoms with Crippen molar-refractivity contribution in [2.45, 2.75) is 17.9 Å². The highest BCUT2D eigenvalue weighted by molar-refractivity contribution is 7.89. The Labute approximate surface area is 157 Å². The standard InChI is InChI=1S/C19H16ClN3O2S/c20-17-3-1-2-15(10-17)14-4-6-18(7-5-14)26(24,25)23-9-8-19-16(12-23)11-21-13-22-19/h1-7,10-11,13H,8-9,12H2. The van der Waals surface area contributed by atoms with E-state index in [1.807, 2.05) is 24.3 Å². The first-order valence-corrected chi connectivity index (χ1v) is 10.00. The molecule has 0 aliphatic carbocycles. The monoisotopic (exact) mass is 385 g/mol. The van der Waals surface area contributed by atoms with Crippen LogP contribution in [0.4, 0.5) is 0 Å². The van der Waals surface area contributed by atoms with E-state index < -0.39 is 10.0 Å². The minimum atomic E-state index is -3.56. The molecule has 0 unspecified atom stereocenters. The van der Waals surface area contributed by atoms with Crippen LogP contribution in [0.5, 0.6) is 0 Å². The summed E-state index contributed by atoms with van der Waals surface area (Å²) in [4.78, 5) is 8.49. The fourth-order valence-corrected chi connectivity index (χ4v) is 4.69. The van der Waals surface area contributed by atoms with Crippen LogP contribution in [0, 0.1) is 0 Å². The lowest BCUT2D eigenvalue weighted by Gasteiger charge is -2.27. The summed E-state index contributed by atoms with van der Waals surface area (Å²) in [5.74, 6) is 0. The molecule has 0 spiro atoms. The van der Waals surface area contributed by atoms with Crippen molar-refractivity contribution in [1.82, 2.24) is 14.3 Å². The van der Waals surface area contributed by atoms with E-state index in [0.29, 0.717) is 24.5 Å². The summed E-state index contributed by atoms with van der Waals surface area (Å²) in [6.07, 6.45) is 3.78. The molecule has 0 radical (unpaired) electrons. The first-order chi connectivity index (χ1) is 12.5. The maximum atomic E-state index is 13.0. The van der Waals surface area contributed by atoms with Gasteiger partial charge in [0.05, 0.1) is 4.90 Å². The van der Waals surface area contributed by atoms with E-state index >= 15 is 0 Å². The predicted molar refractivity (Wildman–Crippen MR) is 100 cm³/mol. The van der Waals surface area contributed by atoms with Gasteiger partial charge in [0, 0.05) is 42.0 Å². The van der Waals surface area contributed by atoms with Crippen LogP contribution in [0.25, 0.3) is 11.1 Å². The number of hydrogen-bond acceptors (Lipinski definition) is 4. The zero-order chi connectivity index (χ0) is 18.1. The van der Waals surface area contributed by atoms with Crippen molar-refractivity contribution < 1.29 is 8.42 Å². The molecular formula is C19H16ClN3O2S. The van der Waals surface area contributed by atoms with Crippen molar-refractivity contribution in [3.05, 3.63) is 77.3 Å². The highest BCUT2D eigenvalue weighted by Crippen LogP contribution is 2.27. The molecule has 0 atom stereocenters. The molecule has 0 saturated heterocycles. The summed E-state index contributed by atoms with van der Waals surface area (Å²) in [6, 6.07) is 14.4. The van der Waals surface area contributed by atoms with E-state index in [1.165, 1.54) is 10.6 Å². The topological polar surface area (TPSA) is 63.2 Å². The fraction of sp³-hybridized carbons (Fsp3) is 0.158. The number of aromatic nitrogens is 2. The number of fused-ring (bicyclic) bond motifs is 1. The third-order valence-electron chi connectivity index (χ3n) is 4.48. The molecule has 7 heteroatoms. The van der Waals surface area contributed by atoms with Crippen LogP contribution in [-0.4, -0.2) is 29.2 Å². The Kier molecular flexibility index (Phi) is 4.48. The largest absolute Gasteiger partial charge is 0.244 e. The quantitative estimate of drug-likeness (QED) is 0.691. The molecule has 5 nitrogen and oxygen atoms in total. The van der Waals surface area contributed by atoms with Crippen molar-refractivity contribution >= 4 is 21.6 Å². The van der Waals surface area contributed by atoms with Crippen molar-refractivity contribution in [2.24, 2.45) is 0 Å². The second kappa shape index (κ2) is 6.79. The number of benzene rings is 2. The SMILES string of the molecule is O=S(=O)(c1ccc(-c2cccc(Cl)c2)cc1)N1CCc2ncncc2C1. The maximum absolute atomic E-state index is 13.0. The molecule has 0 amide bonds. The summed E-state index contributed by atoms with van der Waals surface area (Å²) in [5, 5.41) is 0.647. The van der Waals surface area contributed by atoms with Gasteiger partial charge >= 0.3 is 0 Å². The van der Waals surface area contributed by atoms with Gasteiger partial charge in [-0.2, -0.15) is 4.31 Å². The molecule has 0 fully saturated rings.